The Bertz CT molecular complexity index is 515. The van der Waals surface area contributed by atoms with Crippen LogP contribution >= 0.6 is 0 Å². The number of hydrogen-bond donors (Lipinski definition) is 2. The van der Waals surface area contributed by atoms with Crippen LogP contribution in [-0.2, 0) is 0 Å². The van der Waals surface area contributed by atoms with Crippen molar-refractivity contribution in [2.24, 2.45) is 11.7 Å². The van der Waals surface area contributed by atoms with Crippen molar-refractivity contribution >= 4 is 17.0 Å². The molecule has 1 saturated carbocycles. The number of nitrogens with zero attached hydrogens (tertiary/aromatic N) is 2. The summed E-state index contributed by atoms with van der Waals surface area (Å²) in [6.07, 6.45) is 5.07. The average Bonchev–Trinajstić information content (AvgIpc) is 2.90. The first-order valence-corrected chi connectivity index (χ1v) is 7.17. The molecule has 0 aliphatic heterocycles. The van der Waals surface area contributed by atoms with E-state index in [1.807, 2.05) is 18.2 Å². The zero-order valence-electron chi connectivity index (χ0n) is 11.5. The zero-order valence-corrected chi connectivity index (χ0v) is 11.5. The zero-order chi connectivity index (χ0) is 13.2. The minimum absolute atomic E-state index is 0.513. The third kappa shape index (κ3) is 2.32. The average molecular weight is 258 g/mol. The molecule has 4 heteroatoms. The Morgan fingerprint density at radius 3 is 2.89 bits per heavy atom. The lowest BCUT2D eigenvalue weighted by Gasteiger charge is -2.37. The number of nitrogens with one attached hydrogen (secondary N) is 1. The van der Waals surface area contributed by atoms with Crippen molar-refractivity contribution in [3.05, 3.63) is 24.3 Å². The van der Waals surface area contributed by atoms with Gasteiger partial charge in [0.05, 0.1) is 11.0 Å². The number of aromatic nitrogens is 2. The van der Waals surface area contributed by atoms with E-state index in [9.17, 15) is 0 Å². The van der Waals surface area contributed by atoms with Crippen LogP contribution < -0.4 is 10.6 Å². The number of anilines is 1. The van der Waals surface area contributed by atoms with Crippen molar-refractivity contribution in [3.63, 3.8) is 0 Å². The van der Waals surface area contributed by atoms with Crippen molar-refractivity contribution in [1.29, 1.82) is 0 Å². The van der Waals surface area contributed by atoms with Crippen molar-refractivity contribution < 1.29 is 0 Å². The predicted octanol–water partition coefficient (Wildman–Crippen LogP) is 2.52. The number of imidazole rings is 1. The molecule has 0 amide bonds. The maximum Gasteiger partial charge on any atom is 0.203 e. The van der Waals surface area contributed by atoms with Gasteiger partial charge in [0.15, 0.2) is 0 Å². The van der Waals surface area contributed by atoms with E-state index in [0.717, 1.165) is 23.5 Å². The number of nitrogens with two attached hydrogens (primary N) is 1. The molecule has 1 aliphatic carbocycles. The van der Waals surface area contributed by atoms with Crippen molar-refractivity contribution in [2.75, 3.05) is 18.5 Å². The van der Waals surface area contributed by atoms with Gasteiger partial charge in [0.2, 0.25) is 5.95 Å². The van der Waals surface area contributed by atoms with Gasteiger partial charge in [-0.2, -0.15) is 0 Å². The van der Waals surface area contributed by atoms with E-state index in [0.29, 0.717) is 12.0 Å². The molecule has 0 saturated heterocycles. The number of H-pyrrole nitrogens is 1. The van der Waals surface area contributed by atoms with Crippen LogP contribution in [-0.4, -0.2) is 29.6 Å². The van der Waals surface area contributed by atoms with Gasteiger partial charge in [-0.05, 0) is 37.4 Å². The van der Waals surface area contributed by atoms with E-state index >= 15 is 0 Å². The molecule has 1 heterocycles. The Balaban J connectivity index is 1.87. The van der Waals surface area contributed by atoms with Crippen LogP contribution in [0.5, 0.6) is 0 Å². The molecule has 19 heavy (non-hydrogen) atoms. The van der Waals surface area contributed by atoms with E-state index < -0.39 is 0 Å². The van der Waals surface area contributed by atoms with Crippen molar-refractivity contribution in [1.82, 2.24) is 9.97 Å². The van der Waals surface area contributed by atoms with Gasteiger partial charge in [0, 0.05) is 13.1 Å². The molecule has 0 radical (unpaired) electrons. The SMILES string of the molecule is CN(c1nc2ccccc2[nH]1)C1CCCCC1CN. The molecule has 3 rings (SSSR count). The van der Waals surface area contributed by atoms with E-state index in [1.165, 1.54) is 25.7 Å². The number of benzene rings is 1. The van der Waals surface area contributed by atoms with Crippen LogP contribution in [0.25, 0.3) is 11.0 Å². The molecular weight excluding hydrogens is 236 g/mol. The normalized spacial score (nSPS) is 23.7. The Hall–Kier alpha value is -1.55. The third-order valence-corrected chi connectivity index (χ3v) is 4.38. The Morgan fingerprint density at radius 2 is 2.11 bits per heavy atom. The molecule has 2 atom stereocenters. The van der Waals surface area contributed by atoms with E-state index in [4.69, 9.17) is 5.73 Å². The highest BCUT2D eigenvalue weighted by Gasteiger charge is 2.28. The number of rotatable bonds is 3. The summed E-state index contributed by atoms with van der Waals surface area (Å²) in [7, 11) is 2.14. The smallest absolute Gasteiger partial charge is 0.203 e. The summed E-state index contributed by atoms with van der Waals surface area (Å²) in [4.78, 5) is 10.4. The van der Waals surface area contributed by atoms with Gasteiger partial charge < -0.3 is 15.6 Å². The molecule has 1 aromatic heterocycles. The molecule has 0 bridgehead atoms. The standard InChI is InChI=1S/C15H22N4/c1-19(14-9-5-2-6-11(14)10-16)15-17-12-7-3-4-8-13(12)18-15/h3-4,7-8,11,14H,2,5-6,9-10,16H2,1H3,(H,17,18). The van der Waals surface area contributed by atoms with Gasteiger partial charge in [-0.1, -0.05) is 25.0 Å². The first-order chi connectivity index (χ1) is 9.29. The summed E-state index contributed by atoms with van der Waals surface area (Å²) in [5, 5.41) is 0. The van der Waals surface area contributed by atoms with Crippen LogP contribution in [0.3, 0.4) is 0 Å². The molecule has 2 aromatic rings. The van der Waals surface area contributed by atoms with E-state index in [2.05, 4.69) is 28.0 Å². The van der Waals surface area contributed by atoms with Crippen LogP contribution in [0.4, 0.5) is 5.95 Å². The van der Waals surface area contributed by atoms with Crippen molar-refractivity contribution in [2.45, 2.75) is 31.7 Å². The first-order valence-electron chi connectivity index (χ1n) is 7.17. The number of hydrogen-bond acceptors (Lipinski definition) is 3. The van der Waals surface area contributed by atoms with Gasteiger partial charge in [-0.3, -0.25) is 0 Å². The molecule has 1 fully saturated rings. The van der Waals surface area contributed by atoms with Gasteiger partial charge in [-0.25, -0.2) is 4.98 Å². The van der Waals surface area contributed by atoms with Gasteiger partial charge in [0.1, 0.15) is 0 Å². The number of para-hydroxylation sites is 2. The Kier molecular flexibility index (Phi) is 3.42. The molecule has 0 spiro atoms. The summed E-state index contributed by atoms with van der Waals surface area (Å²) in [6, 6.07) is 8.69. The largest absolute Gasteiger partial charge is 0.342 e. The number of fused-ring (bicyclic) bond motifs is 1. The Morgan fingerprint density at radius 1 is 1.32 bits per heavy atom. The van der Waals surface area contributed by atoms with Crippen LogP contribution in [0, 0.1) is 5.92 Å². The highest BCUT2D eigenvalue weighted by atomic mass is 15.3. The van der Waals surface area contributed by atoms with Crippen molar-refractivity contribution in [3.8, 4) is 0 Å². The van der Waals surface area contributed by atoms with E-state index in [1.54, 1.807) is 0 Å². The lowest BCUT2D eigenvalue weighted by molar-refractivity contribution is 0.305. The molecule has 102 valence electrons. The fourth-order valence-electron chi connectivity index (χ4n) is 3.24. The second-order valence-corrected chi connectivity index (χ2v) is 5.54. The lowest BCUT2D eigenvalue weighted by Crippen LogP contribution is -2.43. The third-order valence-electron chi connectivity index (χ3n) is 4.38. The second kappa shape index (κ2) is 5.21. The topological polar surface area (TPSA) is 57.9 Å². The summed E-state index contributed by atoms with van der Waals surface area (Å²) in [5.74, 6) is 1.55. The summed E-state index contributed by atoms with van der Waals surface area (Å²) >= 11 is 0. The monoisotopic (exact) mass is 258 g/mol. The molecule has 3 N–H and O–H groups in total. The first kappa shape index (κ1) is 12.5. The molecular formula is C15H22N4. The minimum atomic E-state index is 0.513. The molecule has 1 aliphatic rings. The lowest BCUT2D eigenvalue weighted by atomic mass is 9.84. The van der Waals surface area contributed by atoms with Crippen LogP contribution in [0.2, 0.25) is 0 Å². The minimum Gasteiger partial charge on any atom is -0.342 e. The second-order valence-electron chi connectivity index (χ2n) is 5.54. The fourth-order valence-corrected chi connectivity index (χ4v) is 3.24. The van der Waals surface area contributed by atoms with Crippen LogP contribution in [0.1, 0.15) is 25.7 Å². The fraction of sp³-hybridized carbons (Fsp3) is 0.533. The highest BCUT2D eigenvalue weighted by molar-refractivity contribution is 5.77. The molecule has 1 aromatic carbocycles. The summed E-state index contributed by atoms with van der Waals surface area (Å²) in [5.41, 5.74) is 8.06. The summed E-state index contributed by atoms with van der Waals surface area (Å²) in [6.45, 7) is 0.773. The highest BCUT2D eigenvalue weighted by Crippen LogP contribution is 2.29. The summed E-state index contributed by atoms with van der Waals surface area (Å²) < 4.78 is 0. The number of aromatic amines is 1. The van der Waals surface area contributed by atoms with Gasteiger partial charge in [0.25, 0.3) is 0 Å². The van der Waals surface area contributed by atoms with Crippen LogP contribution in [0.15, 0.2) is 24.3 Å². The van der Waals surface area contributed by atoms with Gasteiger partial charge in [-0.15, -0.1) is 0 Å². The Labute approximate surface area is 114 Å². The van der Waals surface area contributed by atoms with E-state index in [-0.39, 0.29) is 0 Å². The quantitative estimate of drug-likeness (QED) is 0.889. The maximum atomic E-state index is 5.93. The van der Waals surface area contributed by atoms with Gasteiger partial charge >= 0.3 is 0 Å². The predicted molar refractivity (Wildman–Crippen MR) is 79.3 cm³/mol. The maximum absolute atomic E-state index is 5.93. The molecule has 4 nitrogen and oxygen atoms in total. The molecule has 2 unspecified atom stereocenters.